The van der Waals surface area contributed by atoms with Crippen LogP contribution in [-0.4, -0.2) is 50.6 Å². The molecular weight excluding hydrogens is 440 g/mol. The van der Waals surface area contributed by atoms with Gasteiger partial charge >= 0.3 is 29.6 Å². The van der Waals surface area contributed by atoms with Crippen LogP contribution in [0.2, 0.25) is 0 Å². The summed E-state index contributed by atoms with van der Waals surface area (Å²) in [4.78, 5) is 23.4. The summed E-state index contributed by atoms with van der Waals surface area (Å²) in [5.41, 5.74) is 1.90. The van der Waals surface area contributed by atoms with Gasteiger partial charge in [-0.2, -0.15) is 5.10 Å². The van der Waals surface area contributed by atoms with Crippen molar-refractivity contribution in [3.8, 4) is 5.69 Å². The van der Waals surface area contributed by atoms with E-state index in [0.717, 1.165) is 6.42 Å². The molecule has 0 radical (unpaired) electrons. The normalized spacial score (nSPS) is 13.1. The number of aromatic nitrogens is 2. The Kier molecular flexibility index (Phi) is 12.0. The number of benzene rings is 1. The van der Waals surface area contributed by atoms with E-state index in [0.29, 0.717) is 23.5 Å². The van der Waals surface area contributed by atoms with Gasteiger partial charge < -0.3 is 25.4 Å². The van der Waals surface area contributed by atoms with Gasteiger partial charge in [0, 0.05) is 30.9 Å². The van der Waals surface area contributed by atoms with Gasteiger partial charge in [0.25, 0.3) is 5.91 Å². The quantitative estimate of drug-likeness (QED) is 0.346. The summed E-state index contributed by atoms with van der Waals surface area (Å²) in [5.74, 6) is -2.27. The van der Waals surface area contributed by atoms with E-state index in [1.807, 2.05) is 20.8 Å². The zero-order valence-corrected chi connectivity index (χ0v) is 21.4. The monoisotopic (exact) mass is 469 g/mol. The number of rotatable bonds is 11. The van der Waals surface area contributed by atoms with E-state index >= 15 is 0 Å². The second-order valence-electron chi connectivity index (χ2n) is 7.84. The van der Waals surface area contributed by atoms with Gasteiger partial charge in [-0.25, -0.2) is 9.07 Å². The molecule has 0 aliphatic carbocycles. The van der Waals surface area contributed by atoms with Crippen LogP contribution in [0, 0.1) is 5.82 Å². The third-order valence-electron chi connectivity index (χ3n) is 4.75. The smallest absolute Gasteiger partial charge is 0.550 e. The summed E-state index contributed by atoms with van der Waals surface area (Å²) < 4.78 is 14.9. The predicted octanol–water partition coefficient (Wildman–Crippen LogP) is -1.46. The molecule has 1 aromatic carbocycles. The predicted molar refractivity (Wildman–Crippen MR) is 116 cm³/mol. The van der Waals surface area contributed by atoms with Gasteiger partial charge in [0.1, 0.15) is 5.82 Å². The molecule has 1 heterocycles. The minimum Gasteiger partial charge on any atom is -0.550 e. The van der Waals surface area contributed by atoms with Crippen LogP contribution in [0.25, 0.3) is 11.8 Å². The van der Waals surface area contributed by atoms with Crippen molar-refractivity contribution in [2.45, 2.75) is 58.2 Å². The van der Waals surface area contributed by atoms with Gasteiger partial charge in [-0.3, -0.25) is 4.79 Å². The van der Waals surface area contributed by atoms with Gasteiger partial charge in [-0.1, -0.05) is 26.8 Å². The average molecular weight is 469 g/mol. The Morgan fingerprint density at radius 1 is 1.24 bits per heavy atom. The molecule has 0 saturated carbocycles. The van der Waals surface area contributed by atoms with E-state index in [1.54, 1.807) is 6.08 Å². The first kappa shape index (κ1) is 29.0. The van der Waals surface area contributed by atoms with Crippen molar-refractivity contribution in [1.29, 1.82) is 0 Å². The second-order valence-corrected chi connectivity index (χ2v) is 7.84. The molecule has 0 saturated heterocycles. The van der Waals surface area contributed by atoms with Gasteiger partial charge in [0.05, 0.1) is 23.6 Å². The van der Waals surface area contributed by atoms with E-state index in [2.05, 4.69) is 10.4 Å². The van der Waals surface area contributed by atoms with E-state index in [4.69, 9.17) is 0 Å². The van der Waals surface area contributed by atoms with Crippen molar-refractivity contribution in [2.75, 3.05) is 6.54 Å². The summed E-state index contributed by atoms with van der Waals surface area (Å²) in [5, 5.41) is 37.9. The van der Waals surface area contributed by atoms with Crippen molar-refractivity contribution in [1.82, 2.24) is 15.1 Å². The molecule has 0 aliphatic rings. The molecule has 174 valence electrons. The first-order valence-corrected chi connectivity index (χ1v) is 10.5. The fraction of sp³-hybridized carbons (Fsp3) is 0.435. The Hall–Kier alpha value is -2.04. The number of nitrogens with one attached hydrogen (secondary N) is 1. The molecule has 1 amide bonds. The standard InChI is InChI=1S/C23H30FN3O5.Na/c1-4-11-25-23(32)22-21(14(2)3)19(10-9-17(28)12-18(29)13-20(30)31)27(26-22)16-7-5-15(24)6-8-16;/h5-10,14,17-18,28-29H,4,11-13H2,1-3H3,(H,25,32)(H,30,31);/q;+1/p-1/b10-9+;/t17-,18-;/m1./s1. The SMILES string of the molecule is CCCNC(=O)c1nn(-c2ccc(F)cc2)c(/C=C/[C@@H](O)C[C@@H](O)CC(=O)[O-])c1C(C)C.[Na+]. The number of hydrogen-bond donors (Lipinski definition) is 3. The maximum absolute atomic E-state index is 13.4. The Bertz CT molecular complexity index is 960. The molecule has 0 spiro atoms. The maximum Gasteiger partial charge on any atom is 1.00 e. The molecule has 1 aromatic heterocycles. The minimum atomic E-state index is -1.41. The average Bonchev–Trinajstić information content (AvgIpc) is 3.10. The number of nitrogens with zero attached hydrogens (tertiary/aromatic N) is 2. The van der Waals surface area contributed by atoms with Crippen LogP contribution in [0.4, 0.5) is 4.39 Å². The molecule has 2 atom stereocenters. The number of hydrogen-bond acceptors (Lipinski definition) is 6. The van der Waals surface area contributed by atoms with Crippen molar-refractivity contribution in [2.24, 2.45) is 0 Å². The van der Waals surface area contributed by atoms with E-state index in [9.17, 15) is 29.3 Å². The molecule has 2 aromatic rings. The number of halogens is 1. The van der Waals surface area contributed by atoms with Crippen molar-refractivity contribution in [3.05, 3.63) is 53.1 Å². The van der Waals surface area contributed by atoms with Crippen LogP contribution >= 0.6 is 0 Å². The largest absolute Gasteiger partial charge is 1.00 e. The fourth-order valence-corrected chi connectivity index (χ4v) is 3.28. The summed E-state index contributed by atoms with van der Waals surface area (Å²) in [6.07, 6.45) is 0.537. The number of aliphatic hydroxyl groups excluding tert-OH is 2. The molecule has 0 bridgehead atoms. The summed E-state index contributed by atoms with van der Waals surface area (Å²) in [6.45, 7) is 6.23. The first-order valence-electron chi connectivity index (χ1n) is 10.5. The van der Waals surface area contributed by atoms with Crippen molar-refractivity contribution >= 4 is 18.0 Å². The van der Waals surface area contributed by atoms with Gasteiger partial charge in [-0.05, 0) is 42.7 Å². The summed E-state index contributed by atoms with van der Waals surface area (Å²) in [7, 11) is 0. The zero-order chi connectivity index (χ0) is 23.8. The number of aliphatic hydroxyl groups is 2. The maximum atomic E-state index is 13.4. The number of aliphatic carboxylic acids is 1. The van der Waals surface area contributed by atoms with E-state index < -0.39 is 30.4 Å². The van der Waals surface area contributed by atoms with E-state index in [1.165, 1.54) is 35.0 Å². The van der Waals surface area contributed by atoms with Crippen LogP contribution in [-0.2, 0) is 4.79 Å². The Labute approximate surface area is 214 Å². The molecule has 10 heteroatoms. The Morgan fingerprint density at radius 2 is 1.88 bits per heavy atom. The van der Waals surface area contributed by atoms with Crippen molar-refractivity contribution < 1.29 is 58.9 Å². The number of carboxylic acid groups (broad SMARTS) is 1. The molecule has 8 nitrogen and oxygen atoms in total. The third-order valence-corrected chi connectivity index (χ3v) is 4.75. The molecule has 33 heavy (non-hydrogen) atoms. The summed E-state index contributed by atoms with van der Waals surface area (Å²) in [6, 6.07) is 5.61. The minimum absolute atomic E-state index is 0. The van der Waals surface area contributed by atoms with Gasteiger partial charge in [0.15, 0.2) is 5.69 Å². The van der Waals surface area contributed by atoms with Crippen LogP contribution in [0.3, 0.4) is 0 Å². The second kappa shape index (κ2) is 13.6. The third kappa shape index (κ3) is 8.35. The Morgan fingerprint density at radius 3 is 2.42 bits per heavy atom. The molecular formula is C23H29FN3NaO5. The van der Waals surface area contributed by atoms with Crippen LogP contribution in [0.1, 0.15) is 67.7 Å². The molecule has 2 rings (SSSR count). The Balaban J connectivity index is 0.00000544. The zero-order valence-electron chi connectivity index (χ0n) is 19.4. The summed E-state index contributed by atoms with van der Waals surface area (Å²) >= 11 is 0. The molecule has 0 fully saturated rings. The number of carboxylic acids is 1. The molecule has 0 unspecified atom stereocenters. The van der Waals surface area contributed by atoms with Gasteiger partial charge in [0.2, 0.25) is 0 Å². The van der Waals surface area contributed by atoms with Crippen molar-refractivity contribution in [3.63, 3.8) is 0 Å². The molecule has 0 aliphatic heterocycles. The fourth-order valence-electron chi connectivity index (χ4n) is 3.28. The van der Waals surface area contributed by atoms with E-state index in [-0.39, 0.29) is 53.5 Å². The number of amides is 1. The topological polar surface area (TPSA) is 128 Å². The number of carbonyl (C=O) groups excluding carboxylic acids is 2. The first-order chi connectivity index (χ1) is 15.1. The van der Waals surface area contributed by atoms with Crippen LogP contribution in [0.5, 0.6) is 0 Å². The number of carbonyl (C=O) groups is 2. The van der Waals surface area contributed by atoms with Crippen LogP contribution in [0.15, 0.2) is 30.3 Å². The molecule has 3 N–H and O–H groups in total. The van der Waals surface area contributed by atoms with Crippen LogP contribution < -0.4 is 40.0 Å². The van der Waals surface area contributed by atoms with Gasteiger partial charge in [-0.15, -0.1) is 0 Å².